The lowest BCUT2D eigenvalue weighted by Gasteiger charge is -2.23. The fourth-order valence-electron chi connectivity index (χ4n) is 2.39. The molecule has 0 aliphatic carbocycles. The van der Waals surface area contributed by atoms with E-state index in [1.165, 1.54) is 4.90 Å². The van der Waals surface area contributed by atoms with E-state index in [0.717, 1.165) is 5.56 Å². The van der Waals surface area contributed by atoms with Crippen molar-refractivity contribution in [3.8, 4) is 0 Å². The second kappa shape index (κ2) is 6.64. The van der Waals surface area contributed by atoms with Gasteiger partial charge in [-0.05, 0) is 31.0 Å². The third kappa shape index (κ3) is 3.09. The molecule has 1 aromatic carbocycles. The Morgan fingerprint density at radius 3 is 2.73 bits per heavy atom. The number of amides is 3. The maximum atomic E-state index is 12.6. The Morgan fingerprint density at radius 1 is 1.36 bits per heavy atom. The van der Waals surface area contributed by atoms with Crippen molar-refractivity contribution < 1.29 is 14.3 Å². The van der Waals surface area contributed by atoms with Gasteiger partial charge in [0.1, 0.15) is 5.54 Å². The highest BCUT2D eigenvalue weighted by atomic mass is 35.5. The molecular weight excluding hydrogens is 306 g/mol. The predicted octanol–water partition coefficient (Wildman–Crippen LogP) is 1.39. The molecule has 1 aliphatic rings. The van der Waals surface area contributed by atoms with Gasteiger partial charge in [-0.2, -0.15) is 0 Å². The van der Waals surface area contributed by atoms with E-state index >= 15 is 0 Å². The number of halogens is 1. The Balaban J connectivity index is 2.16. The standard InChI is InChI=1S/C15H20ClN3O3/c1-10-9-11(3-4-12(10)16)15(2)13(20)19(14(21)18-15)6-8-22-7-5-17/h3-4,9H,5-8,17H2,1-2H3,(H,18,21). The molecule has 1 aromatic rings. The molecule has 7 heteroatoms. The number of urea groups is 1. The van der Waals surface area contributed by atoms with Crippen LogP contribution in [0.25, 0.3) is 0 Å². The van der Waals surface area contributed by atoms with Crippen LogP contribution < -0.4 is 11.1 Å². The number of benzene rings is 1. The monoisotopic (exact) mass is 325 g/mol. The zero-order chi connectivity index (χ0) is 16.3. The molecule has 1 heterocycles. The van der Waals surface area contributed by atoms with E-state index in [0.29, 0.717) is 23.7 Å². The first-order valence-corrected chi connectivity index (χ1v) is 7.46. The van der Waals surface area contributed by atoms with Gasteiger partial charge in [0.25, 0.3) is 5.91 Å². The number of carbonyl (C=O) groups excluding carboxylic acids is 2. The number of nitrogens with one attached hydrogen (secondary N) is 1. The predicted molar refractivity (Wildman–Crippen MR) is 83.7 cm³/mol. The number of ether oxygens (including phenoxy) is 1. The first kappa shape index (κ1) is 16.7. The molecule has 0 saturated carbocycles. The second-order valence-corrected chi connectivity index (χ2v) is 5.78. The van der Waals surface area contributed by atoms with Crippen LogP contribution in [-0.2, 0) is 15.1 Å². The zero-order valence-corrected chi connectivity index (χ0v) is 13.4. The molecule has 0 radical (unpaired) electrons. The van der Waals surface area contributed by atoms with E-state index in [1.54, 1.807) is 19.1 Å². The van der Waals surface area contributed by atoms with Crippen molar-refractivity contribution >= 4 is 23.5 Å². The summed E-state index contributed by atoms with van der Waals surface area (Å²) >= 11 is 6.02. The van der Waals surface area contributed by atoms with Gasteiger partial charge in [0.05, 0.1) is 19.8 Å². The molecule has 120 valence electrons. The number of hydrogen-bond acceptors (Lipinski definition) is 4. The van der Waals surface area contributed by atoms with Gasteiger partial charge in [0.15, 0.2) is 0 Å². The summed E-state index contributed by atoms with van der Waals surface area (Å²) < 4.78 is 5.23. The Morgan fingerprint density at radius 2 is 2.09 bits per heavy atom. The summed E-state index contributed by atoms with van der Waals surface area (Å²) in [6, 6.07) is 4.87. The summed E-state index contributed by atoms with van der Waals surface area (Å²) in [7, 11) is 0. The summed E-state index contributed by atoms with van der Waals surface area (Å²) in [6.07, 6.45) is 0. The van der Waals surface area contributed by atoms with Gasteiger partial charge in [-0.15, -0.1) is 0 Å². The third-order valence-corrected chi connectivity index (χ3v) is 4.16. The number of imide groups is 1. The minimum absolute atomic E-state index is 0.201. The van der Waals surface area contributed by atoms with Crippen molar-refractivity contribution in [3.05, 3.63) is 34.3 Å². The van der Waals surface area contributed by atoms with Gasteiger partial charge in [-0.3, -0.25) is 9.69 Å². The number of rotatable bonds is 6. The Hall–Kier alpha value is -1.63. The first-order chi connectivity index (χ1) is 10.4. The number of nitrogens with two attached hydrogens (primary N) is 1. The summed E-state index contributed by atoms with van der Waals surface area (Å²) in [5.41, 5.74) is 5.80. The lowest BCUT2D eigenvalue weighted by Crippen LogP contribution is -2.41. The molecule has 6 nitrogen and oxygen atoms in total. The summed E-state index contributed by atoms with van der Waals surface area (Å²) in [6.45, 7) is 4.82. The van der Waals surface area contributed by atoms with Gasteiger partial charge < -0.3 is 15.8 Å². The molecule has 1 unspecified atom stereocenters. The normalized spacial score (nSPS) is 21.4. The van der Waals surface area contributed by atoms with Gasteiger partial charge in [-0.25, -0.2) is 4.79 Å². The second-order valence-electron chi connectivity index (χ2n) is 5.38. The summed E-state index contributed by atoms with van der Waals surface area (Å²) in [5.74, 6) is -0.296. The van der Waals surface area contributed by atoms with E-state index in [-0.39, 0.29) is 19.1 Å². The molecule has 0 spiro atoms. The van der Waals surface area contributed by atoms with Gasteiger partial charge >= 0.3 is 6.03 Å². The van der Waals surface area contributed by atoms with Crippen molar-refractivity contribution in [2.24, 2.45) is 5.73 Å². The fourth-order valence-corrected chi connectivity index (χ4v) is 2.51. The van der Waals surface area contributed by atoms with Crippen LogP contribution in [0.2, 0.25) is 5.02 Å². The van der Waals surface area contributed by atoms with Gasteiger partial charge in [0.2, 0.25) is 0 Å². The molecule has 2 rings (SSSR count). The van der Waals surface area contributed by atoms with Gasteiger partial charge in [-0.1, -0.05) is 23.7 Å². The molecule has 3 N–H and O–H groups in total. The average molecular weight is 326 g/mol. The SMILES string of the molecule is Cc1cc(C2(C)NC(=O)N(CCOCCN)C2=O)ccc1Cl. The quantitative estimate of drug-likeness (QED) is 0.611. The highest BCUT2D eigenvalue weighted by molar-refractivity contribution is 6.31. The largest absolute Gasteiger partial charge is 0.378 e. The molecule has 1 fully saturated rings. The first-order valence-electron chi connectivity index (χ1n) is 7.08. The maximum Gasteiger partial charge on any atom is 0.325 e. The minimum atomic E-state index is -1.08. The van der Waals surface area contributed by atoms with Crippen LogP contribution in [-0.4, -0.2) is 43.1 Å². The number of aryl methyl sites for hydroxylation is 1. The average Bonchev–Trinajstić information content (AvgIpc) is 2.70. The Bertz CT molecular complexity index is 593. The highest BCUT2D eigenvalue weighted by Crippen LogP contribution is 2.30. The highest BCUT2D eigenvalue weighted by Gasteiger charge is 2.48. The number of hydrogen-bond donors (Lipinski definition) is 2. The van der Waals surface area contributed by atoms with E-state index in [2.05, 4.69) is 5.32 Å². The Kier molecular flexibility index (Phi) is 5.05. The van der Waals surface area contributed by atoms with E-state index in [4.69, 9.17) is 22.1 Å². The van der Waals surface area contributed by atoms with Crippen LogP contribution in [0.5, 0.6) is 0 Å². The molecule has 1 saturated heterocycles. The van der Waals surface area contributed by atoms with Crippen LogP contribution in [0.3, 0.4) is 0 Å². The molecule has 3 amide bonds. The van der Waals surface area contributed by atoms with Crippen LogP contribution in [0.15, 0.2) is 18.2 Å². The van der Waals surface area contributed by atoms with Crippen LogP contribution in [0, 0.1) is 6.92 Å². The van der Waals surface area contributed by atoms with Crippen molar-refractivity contribution in [3.63, 3.8) is 0 Å². The zero-order valence-electron chi connectivity index (χ0n) is 12.7. The van der Waals surface area contributed by atoms with E-state index in [9.17, 15) is 9.59 Å². The van der Waals surface area contributed by atoms with E-state index in [1.807, 2.05) is 13.0 Å². The van der Waals surface area contributed by atoms with Gasteiger partial charge in [0, 0.05) is 11.6 Å². The molecule has 0 bridgehead atoms. The molecule has 1 aliphatic heterocycles. The lowest BCUT2D eigenvalue weighted by molar-refractivity contribution is -0.131. The lowest BCUT2D eigenvalue weighted by atomic mass is 9.91. The maximum absolute atomic E-state index is 12.6. The minimum Gasteiger partial charge on any atom is -0.378 e. The Labute approximate surface area is 134 Å². The van der Waals surface area contributed by atoms with E-state index < -0.39 is 11.6 Å². The van der Waals surface area contributed by atoms with Crippen molar-refractivity contribution in [2.75, 3.05) is 26.3 Å². The third-order valence-electron chi connectivity index (χ3n) is 3.73. The van der Waals surface area contributed by atoms with Crippen LogP contribution >= 0.6 is 11.6 Å². The van der Waals surface area contributed by atoms with Crippen LogP contribution in [0.4, 0.5) is 4.79 Å². The van der Waals surface area contributed by atoms with Crippen molar-refractivity contribution in [1.82, 2.24) is 10.2 Å². The molecule has 0 aromatic heterocycles. The topological polar surface area (TPSA) is 84.7 Å². The smallest absolute Gasteiger partial charge is 0.325 e. The number of carbonyl (C=O) groups is 2. The summed E-state index contributed by atoms with van der Waals surface area (Å²) in [4.78, 5) is 25.9. The summed E-state index contributed by atoms with van der Waals surface area (Å²) in [5, 5.41) is 3.37. The number of nitrogens with zero attached hydrogens (tertiary/aromatic N) is 1. The molecule has 1 atom stereocenters. The van der Waals surface area contributed by atoms with Crippen molar-refractivity contribution in [2.45, 2.75) is 19.4 Å². The van der Waals surface area contributed by atoms with Crippen molar-refractivity contribution in [1.29, 1.82) is 0 Å². The fraction of sp³-hybridized carbons (Fsp3) is 0.467. The molecule has 22 heavy (non-hydrogen) atoms. The van der Waals surface area contributed by atoms with Crippen LogP contribution in [0.1, 0.15) is 18.1 Å². The molecular formula is C15H20ClN3O3.